The molecule has 0 aliphatic rings. The number of halogens is 1. The molecule has 72 valence electrons. The lowest BCUT2D eigenvalue weighted by Crippen LogP contribution is -1.89. The Morgan fingerprint density at radius 1 is 1.21 bits per heavy atom. The summed E-state index contributed by atoms with van der Waals surface area (Å²) in [6, 6.07) is 10.4. The monoisotopic (exact) mass is 249 g/mol. The van der Waals surface area contributed by atoms with E-state index in [1.165, 1.54) is 11.1 Å². The molecule has 0 N–H and O–H groups in total. The maximum absolute atomic E-state index is 4.62. The maximum atomic E-state index is 4.62. The summed E-state index contributed by atoms with van der Waals surface area (Å²) in [5, 5.41) is 1.19. The second-order valence-electron chi connectivity index (χ2n) is 3.36. The third-order valence-corrected chi connectivity index (χ3v) is 2.87. The van der Waals surface area contributed by atoms with Gasteiger partial charge in [0.15, 0.2) is 0 Å². The van der Waals surface area contributed by atoms with Crippen LogP contribution in [0.4, 0.5) is 0 Å². The molecule has 2 rings (SSSR count). The summed E-state index contributed by atoms with van der Waals surface area (Å²) < 4.78 is 1.08. The average Bonchev–Trinajstić information content (AvgIpc) is 2.20. The highest BCUT2D eigenvalue weighted by Gasteiger charge is 2.00. The predicted molar refractivity (Wildman–Crippen MR) is 63.4 cm³/mol. The minimum atomic E-state index is 1.05. The van der Waals surface area contributed by atoms with Gasteiger partial charge >= 0.3 is 0 Å². The quantitative estimate of drug-likeness (QED) is 0.786. The topological polar surface area (TPSA) is 12.9 Å². The lowest BCUT2D eigenvalue weighted by molar-refractivity contribution is 0.889. The third-order valence-electron chi connectivity index (χ3n) is 2.23. The Morgan fingerprint density at radius 2 is 2.07 bits per heavy atom. The van der Waals surface area contributed by atoms with Gasteiger partial charge in [-0.05, 0) is 34.5 Å². The molecule has 0 bridgehead atoms. The zero-order chi connectivity index (χ0) is 9.97. The number of fused-ring (bicyclic) bond motifs is 1. The van der Waals surface area contributed by atoms with E-state index < -0.39 is 0 Å². The Bertz CT molecular complexity index is 451. The van der Waals surface area contributed by atoms with Crippen molar-refractivity contribution in [3.8, 4) is 0 Å². The van der Waals surface area contributed by atoms with Crippen molar-refractivity contribution in [1.29, 1.82) is 0 Å². The number of rotatable bonds is 2. The number of hydrogen-bond acceptors (Lipinski definition) is 1. The highest BCUT2D eigenvalue weighted by atomic mass is 79.9. The molecular formula is C12H12BrN. The van der Waals surface area contributed by atoms with E-state index in [2.05, 4.69) is 46.0 Å². The van der Waals surface area contributed by atoms with Gasteiger partial charge in [0.2, 0.25) is 0 Å². The summed E-state index contributed by atoms with van der Waals surface area (Å²) in [6.45, 7) is 2.17. The molecular weight excluding hydrogens is 238 g/mol. The molecule has 2 heteroatoms. The van der Waals surface area contributed by atoms with E-state index in [4.69, 9.17) is 0 Å². The van der Waals surface area contributed by atoms with Crippen LogP contribution in [-0.2, 0) is 6.42 Å². The fourth-order valence-corrected chi connectivity index (χ4v) is 2.02. The summed E-state index contributed by atoms with van der Waals surface area (Å²) in [5.74, 6) is 0. The molecule has 14 heavy (non-hydrogen) atoms. The highest BCUT2D eigenvalue weighted by molar-refractivity contribution is 9.10. The van der Waals surface area contributed by atoms with Gasteiger partial charge in [0.25, 0.3) is 0 Å². The molecule has 1 nitrogen and oxygen atoms in total. The molecule has 0 amide bonds. The van der Waals surface area contributed by atoms with Gasteiger partial charge in [-0.1, -0.05) is 31.5 Å². The average molecular weight is 250 g/mol. The molecule has 0 saturated heterocycles. The summed E-state index contributed by atoms with van der Waals surface area (Å²) >= 11 is 3.52. The predicted octanol–water partition coefficient (Wildman–Crippen LogP) is 3.95. The molecule has 0 aliphatic carbocycles. The van der Waals surface area contributed by atoms with Gasteiger partial charge in [0, 0.05) is 15.6 Å². The first-order valence-electron chi connectivity index (χ1n) is 4.85. The standard InChI is InChI=1S/C12H12BrN/c1-2-4-10-8-7-9-5-3-6-11(13)12(9)14-10/h3,5-8H,2,4H2,1H3. The number of benzene rings is 1. The van der Waals surface area contributed by atoms with Crippen LogP contribution < -0.4 is 0 Å². The highest BCUT2D eigenvalue weighted by Crippen LogP contribution is 2.22. The van der Waals surface area contributed by atoms with Crippen LogP contribution in [0, 0.1) is 0 Å². The number of pyridine rings is 1. The normalized spacial score (nSPS) is 10.7. The molecule has 0 spiro atoms. The number of nitrogens with zero attached hydrogens (tertiary/aromatic N) is 1. The van der Waals surface area contributed by atoms with Gasteiger partial charge in [-0.25, -0.2) is 0 Å². The second kappa shape index (κ2) is 4.09. The van der Waals surface area contributed by atoms with Crippen molar-refractivity contribution >= 4 is 26.8 Å². The number of aromatic nitrogens is 1. The van der Waals surface area contributed by atoms with E-state index in [0.717, 1.165) is 22.8 Å². The number of para-hydroxylation sites is 1. The van der Waals surface area contributed by atoms with Crippen molar-refractivity contribution in [2.24, 2.45) is 0 Å². The Labute approximate surface area is 92.3 Å². The fraction of sp³-hybridized carbons (Fsp3) is 0.250. The summed E-state index contributed by atoms with van der Waals surface area (Å²) in [7, 11) is 0. The molecule has 1 aromatic carbocycles. The summed E-state index contributed by atoms with van der Waals surface area (Å²) in [6.07, 6.45) is 2.19. The Morgan fingerprint density at radius 3 is 2.86 bits per heavy atom. The van der Waals surface area contributed by atoms with Gasteiger partial charge in [-0.15, -0.1) is 0 Å². The largest absolute Gasteiger partial charge is 0.252 e. The Hall–Kier alpha value is -0.890. The van der Waals surface area contributed by atoms with Crippen molar-refractivity contribution in [3.05, 3.63) is 40.5 Å². The third kappa shape index (κ3) is 1.80. The molecule has 0 unspecified atom stereocenters. The van der Waals surface area contributed by atoms with E-state index in [1.807, 2.05) is 12.1 Å². The molecule has 0 atom stereocenters. The van der Waals surface area contributed by atoms with Crippen molar-refractivity contribution in [2.75, 3.05) is 0 Å². The van der Waals surface area contributed by atoms with Crippen LogP contribution in [0.15, 0.2) is 34.8 Å². The lowest BCUT2D eigenvalue weighted by Gasteiger charge is -2.02. The van der Waals surface area contributed by atoms with Crippen LogP contribution in [-0.4, -0.2) is 4.98 Å². The van der Waals surface area contributed by atoms with E-state index in [9.17, 15) is 0 Å². The smallest absolute Gasteiger partial charge is 0.0847 e. The first kappa shape index (κ1) is 9.66. The van der Waals surface area contributed by atoms with Gasteiger partial charge in [-0.3, -0.25) is 4.98 Å². The van der Waals surface area contributed by atoms with Crippen LogP contribution in [0.3, 0.4) is 0 Å². The first-order valence-corrected chi connectivity index (χ1v) is 5.64. The van der Waals surface area contributed by atoms with Crippen LogP contribution in [0.2, 0.25) is 0 Å². The second-order valence-corrected chi connectivity index (χ2v) is 4.22. The van der Waals surface area contributed by atoms with Crippen LogP contribution in [0.25, 0.3) is 10.9 Å². The van der Waals surface area contributed by atoms with E-state index in [1.54, 1.807) is 0 Å². The zero-order valence-electron chi connectivity index (χ0n) is 8.13. The zero-order valence-corrected chi connectivity index (χ0v) is 9.71. The SMILES string of the molecule is CCCc1ccc2cccc(Br)c2n1. The van der Waals surface area contributed by atoms with Crippen LogP contribution in [0.1, 0.15) is 19.0 Å². The molecule has 0 fully saturated rings. The van der Waals surface area contributed by atoms with Crippen molar-refractivity contribution < 1.29 is 0 Å². The molecule has 2 aromatic rings. The number of aryl methyl sites for hydroxylation is 1. The fourth-order valence-electron chi connectivity index (χ4n) is 1.55. The molecule has 0 saturated carbocycles. The lowest BCUT2D eigenvalue weighted by atomic mass is 10.1. The van der Waals surface area contributed by atoms with Gasteiger partial charge in [0.05, 0.1) is 5.52 Å². The molecule has 0 aliphatic heterocycles. The van der Waals surface area contributed by atoms with E-state index >= 15 is 0 Å². The summed E-state index contributed by atoms with van der Waals surface area (Å²) in [5.41, 5.74) is 2.24. The van der Waals surface area contributed by atoms with Crippen molar-refractivity contribution in [1.82, 2.24) is 4.98 Å². The molecule has 1 aromatic heterocycles. The number of hydrogen-bond donors (Lipinski definition) is 0. The first-order chi connectivity index (χ1) is 6.81. The van der Waals surface area contributed by atoms with Gasteiger partial charge in [0.1, 0.15) is 0 Å². The van der Waals surface area contributed by atoms with Crippen molar-refractivity contribution in [3.63, 3.8) is 0 Å². The Kier molecular flexibility index (Phi) is 2.82. The maximum Gasteiger partial charge on any atom is 0.0847 e. The Balaban J connectivity index is 2.58. The molecule has 0 radical (unpaired) electrons. The minimum Gasteiger partial charge on any atom is -0.252 e. The van der Waals surface area contributed by atoms with E-state index in [-0.39, 0.29) is 0 Å². The van der Waals surface area contributed by atoms with Crippen LogP contribution >= 0.6 is 15.9 Å². The van der Waals surface area contributed by atoms with Gasteiger partial charge < -0.3 is 0 Å². The molecule has 1 heterocycles. The van der Waals surface area contributed by atoms with Crippen LogP contribution in [0.5, 0.6) is 0 Å². The van der Waals surface area contributed by atoms with E-state index in [0.29, 0.717) is 0 Å². The summed E-state index contributed by atoms with van der Waals surface area (Å²) in [4.78, 5) is 4.62. The minimum absolute atomic E-state index is 1.05. The van der Waals surface area contributed by atoms with Crippen molar-refractivity contribution in [2.45, 2.75) is 19.8 Å². The van der Waals surface area contributed by atoms with Gasteiger partial charge in [-0.2, -0.15) is 0 Å².